The summed E-state index contributed by atoms with van der Waals surface area (Å²) in [5.74, 6) is -1.94. The minimum atomic E-state index is -4.28. The van der Waals surface area contributed by atoms with E-state index in [1.54, 1.807) is 36.4 Å². The number of halogens is 1. The number of carbonyl (C=O) groups is 2. The van der Waals surface area contributed by atoms with Gasteiger partial charge in [-0.25, -0.2) is 18.8 Å². The van der Waals surface area contributed by atoms with Crippen molar-refractivity contribution in [1.29, 1.82) is 0 Å². The molecule has 0 atom stereocenters. The van der Waals surface area contributed by atoms with E-state index in [0.717, 1.165) is 5.56 Å². The summed E-state index contributed by atoms with van der Waals surface area (Å²) in [6, 6.07) is 19.4. The third kappa shape index (κ3) is 5.17. The number of fused-ring (bicyclic) bond motifs is 1. The molecule has 3 aromatic rings. The SMILES string of the molecule is O=C1CN(c2c(OCc3ccccc3)cc3c(c2F)C/C(=N/NC(=O)c2ccccc2)CC3)S(=O)(=O)N1. The van der Waals surface area contributed by atoms with E-state index < -0.39 is 34.4 Å². The van der Waals surface area contributed by atoms with Crippen LogP contribution in [0.5, 0.6) is 5.75 Å². The van der Waals surface area contributed by atoms with Crippen LogP contribution in [-0.2, 0) is 34.5 Å². The minimum Gasteiger partial charge on any atom is -0.487 e. The van der Waals surface area contributed by atoms with E-state index in [4.69, 9.17) is 4.74 Å². The van der Waals surface area contributed by atoms with Gasteiger partial charge in [-0.15, -0.1) is 0 Å². The number of hydrazone groups is 1. The maximum Gasteiger partial charge on any atom is 0.326 e. The second kappa shape index (κ2) is 10.0. The zero-order chi connectivity index (χ0) is 26.0. The Hall–Kier alpha value is -4.25. The molecule has 37 heavy (non-hydrogen) atoms. The molecule has 11 heteroatoms. The lowest BCUT2D eigenvalue weighted by molar-refractivity contribution is -0.117. The summed E-state index contributed by atoms with van der Waals surface area (Å²) in [7, 11) is -4.28. The van der Waals surface area contributed by atoms with Crippen LogP contribution in [0.15, 0.2) is 71.8 Å². The van der Waals surface area contributed by atoms with Crippen molar-refractivity contribution in [1.82, 2.24) is 10.1 Å². The number of ether oxygens (including phenoxy) is 1. The normalized spacial score (nSPS) is 17.3. The van der Waals surface area contributed by atoms with E-state index >= 15 is 4.39 Å². The van der Waals surface area contributed by atoms with E-state index in [-0.39, 0.29) is 30.0 Å². The number of benzene rings is 3. The van der Waals surface area contributed by atoms with Gasteiger partial charge in [0.05, 0.1) is 0 Å². The highest BCUT2D eigenvalue weighted by Gasteiger charge is 2.39. The fourth-order valence-electron chi connectivity index (χ4n) is 4.29. The van der Waals surface area contributed by atoms with Crippen molar-refractivity contribution in [2.24, 2.45) is 5.10 Å². The van der Waals surface area contributed by atoms with Gasteiger partial charge in [0, 0.05) is 17.7 Å². The molecule has 2 amide bonds. The second-order valence-corrected chi connectivity index (χ2v) is 10.2. The van der Waals surface area contributed by atoms with Gasteiger partial charge in [0.25, 0.3) is 11.8 Å². The van der Waals surface area contributed by atoms with E-state index in [2.05, 4.69) is 10.5 Å². The van der Waals surface area contributed by atoms with Gasteiger partial charge in [-0.2, -0.15) is 13.5 Å². The van der Waals surface area contributed by atoms with E-state index in [9.17, 15) is 18.0 Å². The molecule has 5 rings (SSSR count). The Bertz CT molecular complexity index is 1490. The van der Waals surface area contributed by atoms with Gasteiger partial charge in [0.2, 0.25) is 0 Å². The fraction of sp³-hybridized carbons (Fsp3) is 0.192. The molecular weight excluding hydrogens is 499 g/mol. The predicted octanol–water partition coefficient (Wildman–Crippen LogP) is 2.86. The number of carbonyl (C=O) groups excluding carboxylic acids is 2. The third-order valence-corrected chi connectivity index (χ3v) is 7.50. The lowest BCUT2D eigenvalue weighted by Crippen LogP contribution is -2.31. The molecule has 2 aliphatic rings. The standard InChI is InChI=1S/C26H23FN4O5S/c27-24-21-14-20(28-29-26(33)18-9-5-2-6-10-18)12-11-19(21)13-22(36-16-17-7-3-1-4-8-17)25(24)31-15-23(32)30-37(31,34)35/h1-10,13H,11-12,14-16H2,(H,29,33)(H,30,32)/b28-20+. The van der Waals surface area contributed by atoms with Gasteiger partial charge in [-0.3, -0.25) is 9.59 Å². The van der Waals surface area contributed by atoms with Crippen molar-refractivity contribution in [3.63, 3.8) is 0 Å². The van der Waals surface area contributed by atoms with Crippen LogP contribution in [0.1, 0.15) is 33.5 Å². The van der Waals surface area contributed by atoms with Crippen LogP contribution in [0.3, 0.4) is 0 Å². The number of nitrogens with zero attached hydrogens (tertiary/aromatic N) is 2. The van der Waals surface area contributed by atoms with Gasteiger partial charge in [0.1, 0.15) is 24.6 Å². The van der Waals surface area contributed by atoms with Gasteiger partial charge < -0.3 is 4.74 Å². The van der Waals surface area contributed by atoms with Crippen LogP contribution >= 0.6 is 0 Å². The summed E-state index contributed by atoms with van der Waals surface area (Å²) in [4.78, 5) is 24.2. The summed E-state index contributed by atoms with van der Waals surface area (Å²) in [5.41, 5.74) is 4.85. The quantitative estimate of drug-likeness (QED) is 0.483. The molecular formula is C26H23FN4O5S. The highest BCUT2D eigenvalue weighted by atomic mass is 32.2. The molecule has 0 aromatic heterocycles. The number of nitrogens with one attached hydrogen (secondary N) is 2. The molecule has 0 saturated carbocycles. The summed E-state index contributed by atoms with van der Waals surface area (Å²) < 4.78 is 49.7. The molecule has 0 unspecified atom stereocenters. The number of aryl methyl sites for hydroxylation is 1. The highest BCUT2D eigenvalue weighted by molar-refractivity contribution is 7.92. The largest absolute Gasteiger partial charge is 0.487 e. The van der Waals surface area contributed by atoms with Crippen LogP contribution < -0.4 is 19.2 Å². The molecule has 1 fully saturated rings. The summed E-state index contributed by atoms with van der Waals surface area (Å²) in [5, 5.41) is 4.19. The Balaban J connectivity index is 1.47. The average molecular weight is 523 g/mol. The summed E-state index contributed by atoms with van der Waals surface area (Å²) >= 11 is 0. The predicted molar refractivity (Wildman–Crippen MR) is 135 cm³/mol. The first-order valence-electron chi connectivity index (χ1n) is 11.6. The van der Waals surface area contributed by atoms with Crippen molar-refractivity contribution in [2.45, 2.75) is 25.9 Å². The van der Waals surface area contributed by atoms with Crippen molar-refractivity contribution in [2.75, 3.05) is 10.8 Å². The minimum absolute atomic E-state index is 0.0259. The van der Waals surface area contributed by atoms with Gasteiger partial charge in [0.15, 0.2) is 5.82 Å². The molecule has 9 nitrogen and oxygen atoms in total. The molecule has 1 aliphatic heterocycles. The first-order valence-corrected chi connectivity index (χ1v) is 13.0. The first-order chi connectivity index (χ1) is 17.8. The van der Waals surface area contributed by atoms with E-state index in [1.807, 2.05) is 35.1 Å². The Morgan fingerprint density at radius 2 is 1.78 bits per heavy atom. The third-order valence-electron chi connectivity index (χ3n) is 6.12. The molecule has 190 valence electrons. The van der Waals surface area contributed by atoms with Crippen molar-refractivity contribution in [3.05, 3.63) is 94.8 Å². The summed E-state index contributed by atoms with van der Waals surface area (Å²) in [6.45, 7) is -0.479. The van der Waals surface area contributed by atoms with Crippen molar-refractivity contribution < 1.29 is 27.1 Å². The molecule has 3 aromatic carbocycles. The Morgan fingerprint density at radius 3 is 2.46 bits per heavy atom. The van der Waals surface area contributed by atoms with Gasteiger partial charge in [-0.1, -0.05) is 48.5 Å². The number of hydrogen-bond donors (Lipinski definition) is 2. The van der Waals surface area contributed by atoms with Crippen molar-refractivity contribution >= 4 is 33.4 Å². The molecule has 0 spiro atoms. The van der Waals surface area contributed by atoms with Crippen molar-refractivity contribution in [3.8, 4) is 5.75 Å². The fourth-order valence-corrected chi connectivity index (χ4v) is 5.45. The lowest BCUT2D eigenvalue weighted by Gasteiger charge is -2.25. The highest BCUT2D eigenvalue weighted by Crippen LogP contribution is 2.40. The Labute approximate surface area is 213 Å². The smallest absolute Gasteiger partial charge is 0.326 e. The second-order valence-electron chi connectivity index (χ2n) is 8.65. The monoisotopic (exact) mass is 522 g/mol. The molecule has 0 radical (unpaired) electrons. The maximum atomic E-state index is 16.0. The number of rotatable bonds is 6. The Kier molecular flexibility index (Phi) is 6.62. The van der Waals surface area contributed by atoms with E-state index in [0.29, 0.717) is 34.0 Å². The average Bonchev–Trinajstić information content (AvgIpc) is 3.18. The van der Waals surface area contributed by atoms with Crippen LogP contribution in [-0.4, -0.2) is 32.5 Å². The summed E-state index contributed by atoms with van der Waals surface area (Å²) in [6.07, 6.45) is 0.955. The Morgan fingerprint density at radius 1 is 1.08 bits per heavy atom. The molecule has 1 saturated heterocycles. The zero-order valence-corrected chi connectivity index (χ0v) is 20.4. The molecule has 2 N–H and O–H groups in total. The van der Waals surface area contributed by atoms with Gasteiger partial charge in [-0.05, 0) is 47.7 Å². The van der Waals surface area contributed by atoms with E-state index in [1.165, 1.54) is 0 Å². The van der Waals surface area contributed by atoms with Crippen LogP contribution in [0.25, 0.3) is 0 Å². The van der Waals surface area contributed by atoms with Crippen LogP contribution in [0.4, 0.5) is 10.1 Å². The molecule has 0 bridgehead atoms. The number of amides is 2. The van der Waals surface area contributed by atoms with Gasteiger partial charge >= 0.3 is 10.2 Å². The first kappa shape index (κ1) is 24.4. The van der Waals surface area contributed by atoms with Crippen LogP contribution in [0.2, 0.25) is 0 Å². The van der Waals surface area contributed by atoms with Crippen LogP contribution in [0, 0.1) is 5.82 Å². The lowest BCUT2D eigenvalue weighted by atomic mass is 9.89. The number of hydrogen-bond acceptors (Lipinski definition) is 6. The molecule has 1 aliphatic carbocycles. The topological polar surface area (TPSA) is 117 Å². The molecule has 1 heterocycles. The maximum absolute atomic E-state index is 16.0. The zero-order valence-electron chi connectivity index (χ0n) is 19.6. The number of anilines is 1.